The monoisotopic (exact) mass is 276 g/mol. The van der Waals surface area contributed by atoms with E-state index in [0.29, 0.717) is 5.13 Å². The lowest BCUT2D eigenvalue weighted by molar-refractivity contribution is -0.119. The molecule has 1 aliphatic rings. The van der Waals surface area contributed by atoms with Gasteiger partial charge in [-0.1, -0.05) is 30.2 Å². The van der Waals surface area contributed by atoms with Gasteiger partial charge in [-0.3, -0.25) is 4.79 Å². The molecular formula is C14H16N2O2S. The Hall–Kier alpha value is -1.62. The van der Waals surface area contributed by atoms with E-state index in [1.165, 1.54) is 11.3 Å². The molecule has 0 atom stereocenters. The minimum Gasteiger partial charge on any atom is -0.494 e. The Kier molecular flexibility index (Phi) is 3.38. The third-order valence-corrected chi connectivity index (χ3v) is 4.49. The molecule has 1 heterocycles. The predicted octanol–water partition coefficient (Wildman–Crippen LogP) is 3.43. The molecule has 19 heavy (non-hydrogen) atoms. The van der Waals surface area contributed by atoms with Crippen molar-refractivity contribution in [3.8, 4) is 5.75 Å². The summed E-state index contributed by atoms with van der Waals surface area (Å²) in [6.07, 6.45) is 4.32. The second-order valence-corrected chi connectivity index (χ2v) is 5.83. The van der Waals surface area contributed by atoms with E-state index in [1.54, 1.807) is 7.11 Å². The van der Waals surface area contributed by atoms with E-state index in [4.69, 9.17) is 4.74 Å². The molecule has 4 nitrogen and oxygen atoms in total. The maximum atomic E-state index is 12.1. The number of fused-ring (bicyclic) bond motifs is 1. The molecule has 1 fully saturated rings. The molecule has 0 spiro atoms. The number of hydrogen-bond acceptors (Lipinski definition) is 4. The Morgan fingerprint density at radius 3 is 2.95 bits per heavy atom. The van der Waals surface area contributed by atoms with Crippen LogP contribution in [0.1, 0.15) is 25.7 Å². The van der Waals surface area contributed by atoms with Crippen molar-refractivity contribution >= 4 is 32.6 Å². The number of rotatable bonds is 3. The van der Waals surface area contributed by atoms with Gasteiger partial charge < -0.3 is 10.1 Å². The van der Waals surface area contributed by atoms with Crippen molar-refractivity contribution in [2.45, 2.75) is 25.7 Å². The molecule has 0 radical (unpaired) electrons. The average Bonchev–Trinajstić information content (AvgIpc) is 3.06. The van der Waals surface area contributed by atoms with Crippen LogP contribution in [0.3, 0.4) is 0 Å². The highest BCUT2D eigenvalue weighted by atomic mass is 32.1. The largest absolute Gasteiger partial charge is 0.494 e. The fraction of sp³-hybridized carbons (Fsp3) is 0.429. The first kappa shape index (κ1) is 12.4. The fourth-order valence-corrected chi connectivity index (χ4v) is 3.42. The highest BCUT2D eigenvalue weighted by Gasteiger charge is 2.23. The zero-order chi connectivity index (χ0) is 13.2. The van der Waals surface area contributed by atoms with Gasteiger partial charge in [-0.2, -0.15) is 0 Å². The molecule has 0 unspecified atom stereocenters. The number of ether oxygens (including phenoxy) is 1. The van der Waals surface area contributed by atoms with Crippen molar-refractivity contribution in [2.75, 3.05) is 12.4 Å². The highest BCUT2D eigenvalue weighted by molar-refractivity contribution is 7.22. The second kappa shape index (κ2) is 5.17. The molecule has 1 N–H and O–H groups in total. The number of aromatic nitrogens is 1. The smallest absolute Gasteiger partial charge is 0.229 e. The summed E-state index contributed by atoms with van der Waals surface area (Å²) in [5.41, 5.74) is 0.816. The summed E-state index contributed by atoms with van der Waals surface area (Å²) < 4.78 is 6.31. The van der Waals surface area contributed by atoms with Crippen LogP contribution in [0.2, 0.25) is 0 Å². The standard InChI is InChI=1S/C14H16N2O2S/c1-18-10-7-4-8-11-12(10)15-14(19-11)16-13(17)9-5-2-3-6-9/h4,7-9H,2-3,5-6H2,1H3,(H,15,16,17). The molecule has 100 valence electrons. The van der Waals surface area contributed by atoms with Crippen LogP contribution in [0.5, 0.6) is 5.75 Å². The third-order valence-electron chi connectivity index (χ3n) is 3.56. The van der Waals surface area contributed by atoms with Crippen molar-refractivity contribution in [1.29, 1.82) is 0 Å². The molecule has 2 aromatic rings. The lowest BCUT2D eigenvalue weighted by Gasteiger charge is -2.07. The summed E-state index contributed by atoms with van der Waals surface area (Å²) >= 11 is 1.49. The first-order valence-electron chi connectivity index (χ1n) is 6.52. The number of nitrogens with zero attached hydrogens (tertiary/aromatic N) is 1. The van der Waals surface area contributed by atoms with E-state index in [2.05, 4.69) is 10.3 Å². The predicted molar refractivity (Wildman–Crippen MR) is 76.8 cm³/mol. The Labute approximate surface area is 115 Å². The van der Waals surface area contributed by atoms with Crippen molar-refractivity contribution in [2.24, 2.45) is 5.92 Å². The summed E-state index contributed by atoms with van der Waals surface area (Å²) in [4.78, 5) is 16.5. The molecule has 1 amide bonds. The quantitative estimate of drug-likeness (QED) is 0.934. The first-order valence-corrected chi connectivity index (χ1v) is 7.34. The normalized spacial score (nSPS) is 15.8. The van der Waals surface area contributed by atoms with Gasteiger partial charge in [0.1, 0.15) is 11.3 Å². The lowest BCUT2D eigenvalue weighted by Crippen LogP contribution is -2.20. The number of amides is 1. The minimum atomic E-state index is 0.107. The van der Waals surface area contributed by atoms with Crippen LogP contribution in [0.4, 0.5) is 5.13 Å². The maximum absolute atomic E-state index is 12.1. The van der Waals surface area contributed by atoms with Gasteiger partial charge >= 0.3 is 0 Å². The summed E-state index contributed by atoms with van der Waals surface area (Å²) in [5, 5.41) is 3.60. The Morgan fingerprint density at radius 2 is 2.21 bits per heavy atom. The number of hydrogen-bond donors (Lipinski definition) is 1. The molecule has 0 aliphatic heterocycles. The summed E-state index contributed by atoms with van der Waals surface area (Å²) in [7, 11) is 1.63. The molecule has 5 heteroatoms. The lowest BCUT2D eigenvalue weighted by atomic mass is 10.1. The Bertz CT molecular complexity index is 603. The van der Waals surface area contributed by atoms with Crippen molar-refractivity contribution < 1.29 is 9.53 Å². The minimum absolute atomic E-state index is 0.107. The molecular weight excluding hydrogens is 260 g/mol. The average molecular weight is 276 g/mol. The van der Waals surface area contributed by atoms with Crippen LogP contribution < -0.4 is 10.1 Å². The van der Waals surface area contributed by atoms with E-state index in [0.717, 1.165) is 41.6 Å². The van der Waals surface area contributed by atoms with Gasteiger partial charge in [-0.25, -0.2) is 4.98 Å². The molecule has 1 aromatic heterocycles. The summed E-state index contributed by atoms with van der Waals surface area (Å²) in [6.45, 7) is 0. The Balaban J connectivity index is 1.83. The van der Waals surface area contributed by atoms with Crippen LogP contribution in [-0.4, -0.2) is 18.0 Å². The van der Waals surface area contributed by atoms with Gasteiger partial charge in [0.25, 0.3) is 0 Å². The topological polar surface area (TPSA) is 51.2 Å². The molecule has 0 saturated heterocycles. The van der Waals surface area contributed by atoms with Crippen molar-refractivity contribution in [3.05, 3.63) is 18.2 Å². The SMILES string of the molecule is COc1cccc2sc(NC(=O)C3CCCC3)nc12. The first-order chi connectivity index (χ1) is 9.28. The highest BCUT2D eigenvalue weighted by Crippen LogP contribution is 2.33. The van der Waals surface area contributed by atoms with E-state index in [-0.39, 0.29) is 11.8 Å². The number of carbonyl (C=O) groups excluding carboxylic acids is 1. The fourth-order valence-electron chi connectivity index (χ4n) is 2.54. The van der Waals surface area contributed by atoms with Crippen LogP contribution in [-0.2, 0) is 4.79 Å². The third kappa shape index (κ3) is 2.42. The molecule has 3 rings (SSSR count). The van der Waals surface area contributed by atoms with E-state index < -0.39 is 0 Å². The van der Waals surface area contributed by atoms with Gasteiger partial charge in [0, 0.05) is 5.92 Å². The van der Waals surface area contributed by atoms with Gasteiger partial charge in [-0.05, 0) is 25.0 Å². The second-order valence-electron chi connectivity index (χ2n) is 4.80. The number of thiazole rings is 1. The van der Waals surface area contributed by atoms with Crippen LogP contribution in [0, 0.1) is 5.92 Å². The number of nitrogens with one attached hydrogen (secondary N) is 1. The molecule has 0 bridgehead atoms. The van der Waals surface area contributed by atoms with Crippen molar-refractivity contribution in [1.82, 2.24) is 4.98 Å². The number of methoxy groups -OCH3 is 1. The number of carbonyl (C=O) groups is 1. The number of para-hydroxylation sites is 1. The number of benzene rings is 1. The van der Waals surface area contributed by atoms with Gasteiger partial charge in [0.05, 0.1) is 11.8 Å². The Morgan fingerprint density at radius 1 is 1.42 bits per heavy atom. The van der Waals surface area contributed by atoms with E-state index in [1.807, 2.05) is 18.2 Å². The zero-order valence-electron chi connectivity index (χ0n) is 10.8. The summed E-state index contributed by atoms with van der Waals surface area (Å²) in [6, 6.07) is 5.80. The number of anilines is 1. The van der Waals surface area contributed by atoms with E-state index >= 15 is 0 Å². The van der Waals surface area contributed by atoms with Crippen LogP contribution in [0.25, 0.3) is 10.2 Å². The molecule has 1 aliphatic carbocycles. The summed E-state index contributed by atoms with van der Waals surface area (Å²) in [5.74, 6) is 1.01. The van der Waals surface area contributed by atoms with Crippen LogP contribution >= 0.6 is 11.3 Å². The zero-order valence-corrected chi connectivity index (χ0v) is 11.6. The maximum Gasteiger partial charge on any atom is 0.229 e. The van der Waals surface area contributed by atoms with Crippen LogP contribution in [0.15, 0.2) is 18.2 Å². The van der Waals surface area contributed by atoms with Crippen molar-refractivity contribution in [3.63, 3.8) is 0 Å². The van der Waals surface area contributed by atoms with Gasteiger partial charge in [0.2, 0.25) is 5.91 Å². The molecule has 1 aromatic carbocycles. The molecule has 1 saturated carbocycles. The van der Waals surface area contributed by atoms with E-state index in [9.17, 15) is 4.79 Å². The van der Waals surface area contributed by atoms with Gasteiger partial charge in [0.15, 0.2) is 5.13 Å². The van der Waals surface area contributed by atoms with Gasteiger partial charge in [-0.15, -0.1) is 0 Å².